The van der Waals surface area contributed by atoms with E-state index in [1.807, 2.05) is 30.3 Å². The summed E-state index contributed by atoms with van der Waals surface area (Å²) >= 11 is 0. The van der Waals surface area contributed by atoms with Crippen LogP contribution in [0.2, 0.25) is 0 Å². The highest BCUT2D eigenvalue weighted by atomic mass is 16.5. The van der Waals surface area contributed by atoms with Crippen LogP contribution in [0.25, 0.3) is 0 Å². The van der Waals surface area contributed by atoms with Crippen LogP contribution in [0.15, 0.2) is 30.3 Å². The van der Waals surface area contributed by atoms with Crippen molar-refractivity contribution in [3.63, 3.8) is 0 Å². The van der Waals surface area contributed by atoms with Crippen LogP contribution in [0.3, 0.4) is 0 Å². The third-order valence-corrected chi connectivity index (χ3v) is 3.85. The summed E-state index contributed by atoms with van der Waals surface area (Å²) in [5, 5.41) is 9.26. The summed E-state index contributed by atoms with van der Waals surface area (Å²) in [7, 11) is 1.34. The number of benzene rings is 1. The smallest absolute Gasteiger partial charge is 0.309 e. The van der Waals surface area contributed by atoms with E-state index < -0.39 is 11.9 Å². The molecular formula is C14H16O4. The van der Waals surface area contributed by atoms with Gasteiger partial charge in [0, 0.05) is 5.92 Å². The van der Waals surface area contributed by atoms with Crippen molar-refractivity contribution < 1.29 is 19.4 Å². The van der Waals surface area contributed by atoms with Gasteiger partial charge in [-0.25, -0.2) is 0 Å². The van der Waals surface area contributed by atoms with Crippen LogP contribution in [-0.2, 0) is 14.3 Å². The number of carboxylic acid groups (broad SMARTS) is 1. The Labute approximate surface area is 106 Å². The number of hydrogen-bond acceptors (Lipinski definition) is 3. The first-order valence-corrected chi connectivity index (χ1v) is 5.93. The second-order valence-corrected chi connectivity index (χ2v) is 4.71. The number of aliphatic carboxylic acids is 1. The largest absolute Gasteiger partial charge is 0.481 e. The van der Waals surface area contributed by atoms with Gasteiger partial charge in [0.1, 0.15) is 0 Å². The SMILES string of the molecule is COC(=O)[C@@H]1[C@H](C)[C@H](C(=O)O)[C@H]1c1ccccc1. The van der Waals surface area contributed by atoms with Crippen molar-refractivity contribution in [1.82, 2.24) is 0 Å². The molecule has 0 aromatic heterocycles. The van der Waals surface area contributed by atoms with Gasteiger partial charge < -0.3 is 9.84 Å². The number of ether oxygens (including phenoxy) is 1. The molecule has 4 nitrogen and oxygen atoms in total. The van der Waals surface area contributed by atoms with Gasteiger partial charge in [-0.15, -0.1) is 0 Å². The van der Waals surface area contributed by atoms with E-state index in [4.69, 9.17) is 4.74 Å². The first kappa shape index (κ1) is 12.6. The molecule has 0 aliphatic heterocycles. The van der Waals surface area contributed by atoms with Gasteiger partial charge in [0.25, 0.3) is 0 Å². The number of methoxy groups -OCH3 is 1. The van der Waals surface area contributed by atoms with Crippen molar-refractivity contribution >= 4 is 11.9 Å². The lowest BCUT2D eigenvalue weighted by Gasteiger charge is -2.46. The number of carboxylic acids is 1. The van der Waals surface area contributed by atoms with Crippen LogP contribution >= 0.6 is 0 Å². The van der Waals surface area contributed by atoms with Crippen LogP contribution < -0.4 is 0 Å². The molecule has 0 bridgehead atoms. The molecule has 1 aromatic rings. The van der Waals surface area contributed by atoms with Crippen molar-refractivity contribution in [2.75, 3.05) is 7.11 Å². The Morgan fingerprint density at radius 2 is 1.78 bits per heavy atom. The molecule has 96 valence electrons. The fraction of sp³-hybridized carbons (Fsp3) is 0.429. The molecule has 1 saturated carbocycles. The minimum atomic E-state index is -0.850. The lowest BCUT2D eigenvalue weighted by atomic mass is 9.55. The number of carbonyl (C=O) groups is 2. The summed E-state index contributed by atoms with van der Waals surface area (Å²) in [6, 6.07) is 9.30. The highest BCUT2D eigenvalue weighted by Gasteiger charge is 2.56. The molecule has 1 aromatic carbocycles. The Hall–Kier alpha value is -1.84. The minimum absolute atomic E-state index is 0.194. The van der Waals surface area contributed by atoms with E-state index in [-0.39, 0.29) is 23.7 Å². The number of esters is 1. The fourth-order valence-corrected chi connectivity index (χ4v) is 2.92. The molecule has 1 aliphatic carbocycles. The predicted octanol–water partition coefficient (Wildman–Crippen LogP) is 1.91. The third kappa shape index (κ3) is 1.88. The normalized spacial score (nSPS) is 30.3. The third-order valence-electron chi connectivity index (χ3n) is 3.85. The Morgan fingerprint density at radius 1 is 1.17 bits per heavy atom. The molecule has 1 aliphatic rings. The van der Waals surface area contributed by atoms with Gasteiger partial charge in [0.05, 0.1) is 18.9 Å². The maximum Gasteiger partial charge on any atom is 0.309 e. The maximum absolute atomic E-state index is 11.7. The zero-order valence-electron chi connectivity index (χ0n) is 10.4. The Morgan fingerprint density at radius 3 is 2.28 bits per heavy atom. The highest BCUT2D eigenvalue weighted by Crippen LogP contribution is 2.52. The first-order chi connectivity index (χ1) is 8.57. The minimum Gasteiger partial charge on any atom is -0.481 e. The molecule has 0 amide bonds. The van der Waals surface area contributed by atoms with Crippen molar-refractivity contribution in [2.24, 2.45) is 17.8 Å². The Kier molecular flexibility index (Phi) is 3.36. The van der Waals surface area contributed by atoms with Crippen molar-refractivity contribution in [2.45, 2.75) is 12.8 Å². The van der Waals surface area contributed by atoms with E-state index in [1.165, 1.54) is 7.11 Å². The number of hydrogen-bond donors (Lipinski definition) is 1. The maximum atomic E-state index is 11.7. The van der Waals surface area contributed by atoms with E-state index >= 15 is 0 Å². The summed E-state index contributed by atoms with van der Waals surface area (Å²) in [5.74, 6) is -2.54. The van der Waals surface area contributed by atoms with Crippen LogP contribution in [0.1, 0.15) is 18.4 Å². The monoisotopic (exact) mass is 248 g/mol. The quantitative estimate of drug-likeness (QED) is 0.830. The van der Waals surface area contributed by atoms with Crippen molar-refractivity contribution in [1.29, 1.82) is 0 Å². The summed E-state index contributed by atoms with van der Waals surface area (Å²) in [6.07, 6.45) is 0. The number of carbonyl (C=O) groups excluding carboxylic acids is 1. The highest BCUT2D eigenvalue weighted by molar-refractivity contribution is 5.82. The first-order valence-electron chi connectivity index (χ1n) is 5.93. The molecule has 2 rings (SSSR count). The molecule has 4 atom stereocenters. The zero-order valence-corrected chi connectivity index (χ0v) is 10.4. The van der Waals surface area contributed by atoms with Gasteiger partial charge in [-0.2, -0.15) is 0 Å². The topological polar surface area (TPSA) is 63.6 Å². The summed E-state index contributed by atoms with van der Waals surface area (Å²) in [5.41, 5.74) is 0.887. The Bertz CT molecular complexity index is 454. The Balaban J connectivity index is 2.33. The molecule has 0 radical (unpaired) electrons. The van der Waals surface area contributed by atoms with Gasteiger partial charge in [-0.05, 0) is 11.5 Å². The summed E-state index contributed by atoms with van der Waals surface area (Å²) in [4.78, 5) is 23.0. The van der Waals surface area contributed by atoms with Gasteiger partial charge in [-0.3, -0.25) is 9.59 Å². The van der Waals surface area contributed by atoms with Crippen molar-refractivity contribution in [3.05, 3.63) is 35.9 Å². The van der Waals surface area contributed by atoms with Gasteiger partial charge in [0.2, 0.25) is 0 Å². The lowest BCUT2D eigenvalue weighted by Crippen LogP contribution is -2.51. The van der Waals surface area contributed by atoms with Crippen LogP contribution in [0.4, 0.5) is 0 Å². The number of rotatable bonds is 3. The summed E-state index contributed by atoms with van der Waals surface area (Å²) < 4.78 is 4.77. The van der Waals surface area contributed by atoms with E-state index in [2.05, 4.69) is 0 Å². The molecule has 4 heteroatoms. The van der Waals surface area contributed by atoms with Gasteiger partial charge in [-0.1, -0.05) is 37.3 Å². The van der Waals surface area contributed by atoms with E-state index in [0.29, 0.717) is 0 Å². The van der Waals surface area contributed by atoms with Crippen LogP contribution in [0.5, 0.6) is 0 Å². The van der Waals surface area contributed by atoms with Crippen LogP contribution in [-0.4, -0.2) is 24.2 Å². The summed E-state index contributed by atoms with van der Waals surface area (Å²) in [6.45, 7) is 1.79. The molecule has 0 heterocycles. The zero-order chi connectivity index (χ0) is 13.3. The second kappa shape index (κ2) is 4.80. The molecule has 0 unspecified atom stereocenters. The average Bonchev–Trinajstić information content (AvgIpc) is 2.36. The van der Waals surface area contributed by atoms with Gasteiger partial charge in [0.15, 0.2) is 0 Å². The standard InChI is InChI=1S/C14H16O4/c1-8-10(13(15)16)12(11(8)14(17)18-2)9-6-4-3-5-7-9/h3-8,10-12H,1-2H3,(H,15,16)/t8-,10+,11-,12-/m1/s1. The predicted molar refractivity (Wildman–Crippen MR) is 65.0 cm³/mol. The van der Waals surface area contributed by atoms with Gasteiger partial charge >= 0.3 is 11.9 Å². The molecular weight excluding hydrogens is 232 g/mol. The lowest BCUT2D eigenvalue weighted by molar-refractivity contribution is -0.166. The van der Waals surface area contributed by atoms with E-state index in [9.17, 15) is 14.7 Å². The van der Waals surface area contributed by atoms with E-state index in [1.54, 1.807) is 6.92 Å². The molecule has 1 fully saturated rings. The molecule has 18 heavy (non-hydrogen) atoms. The second-order valence-electron chi connectivity index (χ2n) is 4.71. The molecule has 1 N–H and O–H groups in total. The fourth-order valence-electron chi connectivity index (χ4n) is 2.92. The van der Waals surface area contributed by atoms with E-state index in [0.717, 1.165) is 5.56 Å². The van der Waals surface area contributed by atoms with Crippen LogP contribution in [0, 0.1) is 17.8 Å². The molecule has 0 spiro atoms. The van der Waals surface area contributed by atoms with Crippen molar-refractivity contribution in [3.8, 4) is 0 Å². The molecule has 0 saturated heterocycles. The average molecular weight is 248 g/mol.